The van der Waals surface area contributed by atoms with Gasteiger partial charge in [-0.1, -0.05) is 6.07 Å². The van der Waals surface area contributed by atoms with E-state index in [1.54, 1.807) is 29.5 Å². The molecule has 0 aliphatic carbocycles. The SMILES string of the molecule is CN(CCOc1ccc(F)cc1)C(=O)C1CCCN(S(=O)(=O)c2cccs2)C1. The van der Waals surface area contributed by atoms with Crippen LogP contribution in [0.2, 0.25) is 0 Å². The number of hydrogen-bond acceptors (Lipinski definition) is 5. The van der Waals surface area contributed by atoms with Crippen LogP contribution in [0.1, 0.15) is 12.8 Å². The molecule has 1 aromatic carbocycles. The number of halogens is 1. The maximum Gasteiger partial charge on any atom is 0.252 e. The van der Waals surface area contributed by atoms with Crippen LogP contribution in [0.15, 0.2) is 46.0 Å². The standard InChI is InChI=1S/C19H23FN2O4S2/c1-21(11-12-26-17-8-6-16(20)7-9-17)19(23)15-4-2-10-22(14-15)28(24,25)18-5-3-13-27-18/h3,5-9,13,15H,2,4,10-12,14H2,1H3. The summed E-state index contributed by atoms with van der Waals surface area (Å²) in [6.45, 7) is 1.27. The summed E-state index contributed by atoms with van der Waals surface area (Å²) in [7, 11) is -1.86. The van der Waals surface area contributed by atoms with Crippen molar-refractivity contribution in [3.63, 3.8) is 0 Å². The molecule has 1 fully saturated rings. The van der Waals surface area contributed by atoms with Crippen molar-refractivity contribution in [1.29, 1.82) is 0 Å². The highest BCUT2D eigenvalue weighted by molar-refractivity contribution is 7.91. The van der Waals surface area contributed by atoms with Crippen LogP contribution < -0.4 is 4.74 Å². The first-order chi connectivity index (χ1) is 13.4. The van der Waals surface area contributed by atoms with E-state index in [9.17, 15) is 17.6 Å². The van der Waals surface area contributed by atoms with E-state index in [4.69, 9.17) is 4.74 Å². The quantitative estimate of drug-likeness (QED) is 0.683. The Morgan fingerprint density at radius 3 is 2.75 bits per heavy atom. The number of likely N-dealkylation sites (N-methyl/N-ethyl adjacent to an activating group) is 1. The normalized spacial score (nSPS) is 18.0. The van der Waals surface area contributed by atoms with Crippen molar-refractivity contribution in [2.24, 2.45) is 5.92 Å². The maximum absolute atomic E-state index is 12.9. The fourth-order valence-corrected chi connectivity index (χ4v) is 5.82. The van der Waals surface area contributed by atoms with Gasteiger partial charge in [-0.05, 0) is 48.6 Å². The third kappa shape index (κ3) is 4.89. The summed E-state index contributed by atoms with van der Waals surface area (Å²) in [5.74, 6) is -0.250. The molecule has 1 unspecified atom stereocenters. The van der Waals surface area contributed by atoms with Crippen molar-refractivity contribution >= 4 is 27.3 Å². The Kier molecular flexibility index (Phi) is 6.69. The van der Waals surface area contributed by atoms with Gasteiger partial charge in [-0.2, -0.15) is 4.31 Å². The zero-order valence-electron chi connectivity index (χ0n) is 15.6. The van der Waals surface area contributed by atoms with E-state index in [-0.39, 0.29) is 30.8 Å². The number of piperidine rings is 1. The van der Waals surface area contributed by atoms with Crippen molar-refractivity contribution in [1.82, 2.24) is 9.21 Å². The van der Waals surface area contributed by atoms with Gasteiger partial charge < -0.3 is 9.64 Å². The molecule has 6 nitrogen and oxygen atoms in total. The minimum absolute atomic E-state index is 0.0891. The molecule has 1 saturated heterocycles. The van der Waals surface area contributed by atoms with Crippen molar-refractivity contribution in [2.45, 2.75) is 17.1 Å². The molecule has 0 saturated carbocycles. The average molecular weight is 427 g/mol. The van der Waals surface area contributed by atoms with Crippen molar-refractivity contribution in [3.05, 3.63) is 47.6 Å². The van der Waals surface area contributed by atoms with Gasteiger partial charge >= 0.3 is 0 Å². The second-order valence-electron chi connectivity index (χ2n) is 6.70. The fourth-order valence-electron chi connectivity index (χ4n) is 3.15. The molecular formula is C19H23FN2O4S2. The Hall–Kier alpha value is -1.97. The van der Waals surface area contributed by atoms with Gasteiger partial charge in [0, 0.05) is 20.1 Å². The molecule has 1 aliphatic heterocycles. The highest BCUT2D eigenvalue weighted by Crippen LogP contribution is 2.27. The minimum Gasteiger partial charge on any atom is -0.492 e. The van der Waals surface area contributed by atoms with Gasteiger partial charge in [0.05, 0.1) is 12.5 Å². The number of nitrogens with zero attached hydrogens (tertiary/aromatic N) is 2. The smallest absolute Gasteiger partial charge is 0.252 e. The van der Waals surface area contributed by atoms with Gasteiger partial charge in [0.15, 0.2) is 0 Å². The summed E-state index contributed by atoms with van der Waals surface area (Å²) < 4.78 is 45.6. The fraction of sp³-hybridized carbons (Fsp3) is 0.421. The van der Waals surface area contributed by atoms with Crippen LogP contribution >= 0.6 is 11.3 Å². The zero-order chi connectivity index (χ0) is 20.1. The van der Waals surface area contributed by atoms with Crippen LogP contribution in [0.25, 0.3) is 0 Å². The Balaban J connectivity index is 1.53. The highest BCUT2D eigenvalue weighted by Gasteiger charge is 2.34. The molecule has 0 spiro atoms. The predicted octanol–water partition coefficient (Wildman–Crippen LogP) is 2.83. The lowest BCUT2D eigenvalue weighted by Gasteiger charge is -2.33. The molecule has 28 heavy (non-hydrogen) atoms. The molecule has 9 heteroatoms. The van der Waals surface area contributed by atoms with Gasteiger partial charge in [-0.3, -0.25) is 4.79 Å². The lowest BCUT2D eigenvalue weighted by atomic mass is 9.98. The molecule has 1 aromatic heterocycles. The number of amides is 1. The molecule has 2 heterocycles. The molecule has 1 atom stereocenters. The Morgan fingerprint density at radius 1 is 1.32 bits per heavy atom. The number of carbonyl (C=O) groups is 1. The van der Waals surface area contributed by atoms with Crippen LogP contribution in [0.4, 0.5) is 4.39 Å². The lowest BCUT2D eigenvalue weighted by molar-refractivity contribution is -0.135. The number of sulfonamides is 1. The number of rotatable bonds is 7. The molecule has 0 bridgehead atoms. The molecule has 1 amide bonds. The highest BCUT2D eigenvalue weighted by atomic mass is 32.2. The summed E-state index contributed by atoms with van der Waals surface area (Å²) in [6, 6.07) is 8.99. The summed E-state index contributed by atoms with van der Waals surface area (Å²) in [4.78, 5) is 14.3. The predicted molar refractivity (Wildman–Crippen MR) is 105 cm³/mol. The number of benzene rings is 1. The van der Waals surface area contributed by atoms with Gasteiger partial charge in [0.25, 0.3) is 10.0 Å². The number of thiophene rings is 1. The first-order valence-corrected chi connectivity index (χ1v) is 11.4. The Labute approximate surface area is 168 Å². The van der Waals surface area contributed by atoms with E-state index in [1.165, 1.54) is 39.9 Å². The van der Waals surface area contributed by atoms with Crippen LogP contribution in [-0.2, 0) is 14.8 Å². The molecule has 2 aromatic rings. The molecule has 152 valence electrons. The summed E-state index contributed by atoms with van der Waals surface area (Å²) in [6.07, 6.45) is 1.32. The summed E-state index contributed by atoms with van der Waals surface area (Å²) in [5.41, 5.74) is 0. The first-order valence-electron chi connectivity index (χ1n) is 9.05. The topological polar surface area (TPSA) is 66.9 Å². The number of carbonyl (C=O) groups excluding carboxylic acids is 1. The van der Waals surface area contributed by atoms with Crippen molar-refractivity contribution in [2.75, 3.05) is 33.3 Å². The largest absolute Gasteiger partial charge is 0.492 e. The Morgan fingerprint density at radius 2 is 2.07 bits per heavy atom. The monoisotopic (exact) mass is 426 g/mol. The second kappa shape index (κ2) is 9.02. The van der Waals surface area contributed by atoms with Crippen LogP contribution in [0.3, 0.4) is 0 Å². The Bertz CT molecular complexity index is 885. The van der Waals surface area contributed by atoms with Crippen LogP contribution in [-0.4, -0.2) is 56.8 Å². The van der Waals surface area contributed by atoms with Crippen molar-refractivity contribution in [3.8, 4) is 5.75 Å². The maximum atomic E-state index is 12.9. The van der Waals surface area contributed by atoms with E-state index < -0.39 is 10.0 Å². The average Bonchev–Trinajstić information content (AvgIpc) is 3.24. The zero-order valence-corrected chi connectivity index (χ0v) is 17.2. The lowest BCUT2D eigenvalue weighted by Crippen LogP contribution is -2.46. The molecule has 3 rings (SSSR count). The van der Waals surface area contributed by atoms with E-state index in [2.05, 4.69) is 0 Å². The van der Waals surface area contributed by atoms with Gasteiger partial charge in [0.2, 0.25) is 5.91 Å². The van der Waals surface area contributed by atoms with Crippen LogP contribution in [0.5, 0.6) is 5.75 Å². The van der Waals surface area contributed by atoms with Gasteiger partial charge in [-0.25, -0.2) is 12.8 Å². The molecule has 0 N–H and O–H groups in total. The van der Waals surface area contributed by atoms with E-state index in [0.717, 1.165) is 0 Å². The third-order valence-electron chi connectivity index (χ3n) is 4.71. The van der Waals surface area contributed by atoms with Crippen LogP contribution in [0, 0.1) is 11.7 Å². The minimum atomic E-state index is -3.54. The molecule has 0 radical (unpaired) electrons. The number of ether oxygens (including phenoxy) is 1. The van der Waals surface area contributed by atoms with E-state index >= 15 is 0 Å². The third-order valence-corrected chi connectivity index (χ3v) is 7.95. The van der Waals surface area contributed by atoms with Crippen molar-refractivity contribution < 1.29 is 22.3 Å². The number of hydrogen-bond donors (Lipinski definition) is 0. The van der Waals surface area contributed by atoms with E-state index in [1.807, 2.05) is 0 Å². The second-order valence-corrected chi connectivity index (χ2v) is 9.81. The molecule has 1 aliphatic rings. The van der Waals surface area contributed by atoms with Gasteiger partial charge in [0.1, 0.15) is 22.4 Å². The first kappa shape index (κ1) is 20.8. The van der Waals surface area contributed by atoms with E-state index in [0.29, 0.717) is 35.9 Å². The van der Waals surface area contributed by atoms with Gasteiger partial charge in [-0.15, -0.1) is 11.3 Å². The molecular weight excluding hydrogens is 403 g/mol. The summed E-state index contributed by atoms with van der Waals surface area (Å²) in [5, 5.41) is 1.73. The summed E-state index contributed by atoms with van der Waals surface area (Å²) >= 11 is 1.18.